The molecule has 8 nitrogen and oxygen atoms in total. The van der Waals surface area contributed by atoms with Gasteiger partial charge in [0.15, 0.2) is 0 Å². The molecule has 0 spiro atoms. The molecule has 0 unspecified atom stereocenters. The van der Waals surface area contributed by atoms with Gasteiger partial charge >= 0.3 is 5.97 Å². The summed E-state index contributed by atoms with van der Waals surface area (Å²) in [5, 5.41) is 45.2. The largest absolute Gasteiger partial charge is 0.481 e. The molecule has 2 aromatic heterocycles. The van der Waals surface area contributed by atoms with Crippen LogP contribution < -0.4 is 5.73 Å². The third kappa shape index (κ3) is 9.56. The fourth-order valence-electron chi connectivity index (χ4n) is 9.79. The number of anilines is 1. The molecule has 10 atom stereocenters. The summed E-state index contributed by atoms with van der Waals surface area (Å²) in [6.07, 6.45) is 21.9. The number of hydrogen-bond acceptors (Lipinski definition) is 6. The Labute approximate surface area is 294 Å². The molecule has 5 rings (SSSR count). The average molecular weight is 678 g/mol. The summed E-state index contributed by atoms with van der Waals surface area (Å²) in [5.41, 5.74) is 8.52. The van der Waals surface area contributed by atoms with E-state index in [1.165, 1.54) is 24.8 Å². The molecule has 0 aliphatic heterocycles. The molecular formula is C41H63N3O5. The van der Waals surface area contributed by atoms with Gasteiger partial charge in [-0.15, -0.1) is 0 Å². The van der Waals surface area contributed by atoms with Crippen molar-refractivity contribution in [3.63, 3.8) is 0 Å². The summed E-state index contributed by atoms with van der Waals surface area (Å²) in [6.45, 7) is 4.35. The Bertz CT molecular complexity index is 1360. The van der Waals surface area contributed by atoms with Gasteiger partial charge in [-0.2, -0.15) is 0 Å². The molecule has 2 saturated carbocycles. The van der Waals surface area contributed by atoms with Crippen LogP contribution in [0.4, 0.5) is 5.82 Å². The Morgan fingerprint density at radius 3 is 2.57 bits per heavy atom. The topological polar surface area (TPSA) is 153 Å². The maximum absolute atomic E-state index is 12.6. The highest BCUT2D eigenvalue weighted by molar-refractivity contribution is 5.70. The molecule has 2 heterocycles. The number of fused-ring (bicyclic) bond motifs is 1. The van der Waals surface area contributed by atoms with Gasteiger partial charge in [0.05, 0.1) is 23.7 Å². The second-order valence-corrected chi connectivity index (χ2v) is 15.9. The van der Waals surface area contributed by atoms with Crippen molar-refractivity contribution in [2.45, 2.75) is 141 Å². The van der Waals surface area contributed by atoms with Gasteiger partial charge in [0.1, 0.15) is 5.82 Å². The van der Waals surface area contributed by atoms with E-state index in [-0.39, 0.29) is 35.7 Å². The number of pyridine rings is 1. The zero-order valence-corrected chi connectivity index (χ0v) is 30.0. The first-order chi connectivity index (χ1) is 23.6. The van der Waals surface area contributed by atoms with Gasteiger partial charge < -0.3 is 31.1 Å². The van der Waals surface area contributed by atoms with Crippen LogP contribution in [0.2, 0.25) is 0 Å². The molecule has 0 bridgehead atoms. The van der Waals surface area contributed by atoms with Crippen LogP contribution >= 0.6 is 0 Å². The van der Waals surface area contributed by atoms with Gasteiger partial charge in [-0.3, -0.25) is 4.79 Å². The highest BCUT2D eigenvalue weighted by atomic mass is 16.4. The first-order valence-corrected chi connectivity index (χ1v) is 19.5. The lowest BCUT2D eigenvalue weighted by atomic mass is 9.64. The Kier molecular flexibility index (Phi) is 13.4. The van der Waals surface area contributed by atoms with Crippen LogP contribution in [0.5, 0.6) is 0 Å². The number of carboxylic acid groups (broad SMARTS) is 1. The highest BCUT2D eigenvalue weighted by Crippen LogP contribution is 2.56. The van der Waals surface area contributed by atoms with Crippen LogP contribution in [0.1, 0.15) is 121 Å². The summed E-state index contributed by atoms with van der Waals surface area (Å²) in [5.74, 6) is -0.527. The molecule has 7 N–H and O–H groups in total. The quantitative estimate of drug-likeness (QED) is 0.0717. The van der Waals surface area contributed by atoms with E-state index in [4.69, 9.17) is 5.73 Å². The van der Waals surface area contributed by atoms with E-state index in [1.54, 1.807) is 6.20 Å². The van der Waals surface area contributed by atoms with Crippen LogP contribution in [0.25, 0.3) is 0 Å². The minimum Gasteiger partial charge on any atom is -0.481 e. The Morgan fingerprint density at radius 1 is 1.04 bits per heavy atom. The number of carbonyl (C=O) groups is 1. The van der Waals surface area contributed by atoms with E-state index in [2.05, 4.69) is 42.0 Å². The van der Waals surface area contributed by atoms with Crippen molar-refractivity contribution in [1.82, 2.24) is 9.97 Å². The van der Waals surface area contributed by atoms with E-state index in [0.717, 1.165) is 81.9 Å². The molecule has 49 heavy (non-hydrogen) atoms. The van der Waals surface area contributed by atoms with Crippen molar-refractivity contribution in [2.24, 2.45) is 41.4 Å². The van der Waals surface area contributed by atoms with Crippen molar-refractivity contribution in [2.75, 3.05) is 5.73 Å². The van der Waals surface area contributed by atoms with Crippen LogP contribution in [-0.2, 0) is 24.1 Å². The number of aromatic nitrogens is 2. The number of rotatable bonds is 18. The normalized spacial score (nSPS) is 31.0. The SMILES string of the molecule is CCCCC[C@@H]1C=C[C@@H](CCCCC[C@H](C(=O)O)[C@H](O)[C@H]2CC[C@@H]3[C@@H](Cc4ccnc(N)c4)C[C@H](Cc4cc(CC)c[nH]4)[C@]3(O)C2)[C@H](O)C1. The number of aliphatic hydroxyl groups is 3. The van der Waals surface area contributed by atoms with Crippen molar-refractivity contribution >= 4 is 11.8 Å². The van der Waals surface area contributed by atoms with Crippen LogP contribution in [0.3, 0.4) is 0 Å². The van der Waals surface area contributed by atoms with Gasteiger partial charge in [0.2, 0.25) is 0 Å². The number of nitrogens with one attached hydrogen (secondary N) is 1. The highest BCUT2D eigenvalue weighted by Gasteiger charge is 2.57. The molecule has 3 aliphatic rings. The van der Waals surface area contributed by atoms with Gasteiger partial charge in [0, 0.05) is 24.0 Å². The Morgan fingerprint density at radius 2 is 1.86 bits per heavy atom. The smallest absolute Gasteiger partial charge is 0.309 e. The molecular weight excluding hydrogens is 614 g/mol. The second kappa shape index (κ2) is 17.5. The van der Waals surface area contributed by atoms with Crippen molar-refractivity contribution in [1.29, 1.82) is 0 Å². The number of nitrogen functional groups attached to an aromatic ring is 1. The number of nitrogens with two attached hydrogens (primary N) is 1. The average Bonchev–Trinajstić information content (AvgIpc) is 3.64. The molecule has 2 fully saturated rings. The number of hydrogen-bond donors (Lipinski definition) is 6. The zero-order chi connectivity index (χ0) is 35.0. The lowest BCUT2D eigenvalue weighted by Gasteiger charge is -2.45. The van der Waals surface area contributed by atoms with E-state index in [1.807, 2.05) is 18.3 Å². The van der Waals surface area contributed by atoms with Gasteiger partial charge in [-0.05, 0) is 130 Å². The summed E-state index contributed by atoms with van der Waals surface area (Å²) < 4.78 is 0. The number of aromatic amines is 1. The molecule has 0 amide bonds. The van der Waals surface area contributed by atoms with Crippen molar-refractivity contribution < 1.29 is 25.2 Å². The number of H-pyrrole nitrogens is 1. The number of nitrogens with zero attached hydrogens (tertiary/aromatic N) is 1. The number of aryl methyl sites for hydroxylation is 1. The predicted octanol–water partition coefficient (Wildman–Crippen LogP) is 7.27. The minimum atomic E-state index is -0.993. The van der Waals surface area contributed by atoms with E-state index >= 15 is 0 Å². The number of aliphatic hydroxyl groups excluding tert-OH is 2. The van der Waals surface area contributed by atoms with Crippen molar-refractivity contribution in [3.05, 3.63) is 59.6 Å². The van der Waals surface area contributed by atoms with Crippen LogP contribution in [-0.4, -0.2) is 54.2 Å². The first-order valence-electron chi connectivity index (χ1n) is 19.5. The summed E-state index contributed by atoms with van der Waals surface area (Å²) in [4.78, 5) is 20.1. The zero-order valence-electron chi connectivity index (χ0n) is 30.0. The lowest BCUT2D eigenvalue weighted by molar-refractivity contribution is -0.152. The number of allylic oxidation sites excluding steroid dienone is 1. The fourth-order valence-corrected chi connectivity index (χ4v) is 9.79. The van der Waals surface area contributed by atoms with E-state index < -0.39 is 23.6 Å². The molecule has 0 radical (unpaired) electrons. The van der Waals surface area contributed by atoms with Crippen LogP contribution in [0.15, 0.2) is 42.7 Å². The Hall–Kier alpha value is -2.68. The van der Waals surface area contributed by atoms with Crippen molar-refractivity contribution in [3.8, 4) is 0 Å². The second-order valence-electron chi connectivity index (χ2n) is 15.9. The lowest BCUT2D eigenvalue weighted by Crippen LogP contribution is -2.50. The maximum Gasteiger partial charge on any atom is 0.309 e. The molecule has 2 aromatic rings. The first kappa shape index (κ1) is 37.6. The number of aliphatic carboxylic acids is 1. The summed E-state index contributed by atoms with van der Waals surface area (Å²) in [6, 6.07) is 6.13. The van der Waals surface area contributed by atoms with Gasteiger partial charge in [-0.25, -0.2) is 4.98 Å². The number of unbranched alkanes of at least 4 members (excludes halogenated alkanes) is 4. The summed E-state index contributed by atoms with van der Waals surface area (Å²) >= 11 is 0. The molecule has 272 valence electrons. The van der Waals surface area contributed by atoms with Crippen LogP contribution in [0, 0.1) is 41.4 Å². The van der Waals surface area contributed by atoms with E-state index in [0.29, 0.717) is 31.0 Å². The monoisotopic (exact) mass is 677 g/mol. The number of carboxylic acids is 1. The molecule has 0 aromatic carbocycles. The molecule has 0 saturated heterocycles. The molecule has 8 heteroatoms. The van der Waals surface area contributed by atoms with Gasteiger partial charge in [0.25, 0.3) is 0 Å². The van der Waals surface area contributed by atoms with Gasteiger partial charge in [-0.1, -0.05) is 64.5 Å². The molecule has 3 aliphatic carbocycles. The predicted molar refractivity (Wildman–Crippen MR) is 195 cm³/mol. The maximum atomic E-state index is 12.6. The minimum absolute atomic E-state index is 0.0131. The third-order valence-corrected chi connectivity index (χ3v) is 12.6. The summed E-state index contributed by atoms with van der Waals surface area (Å²) in [7, 11) is 0. The Balaban J connectivity index is 1.18. The van der Waals surface area contributed by atoms with E-state index in [9.17, 15) is 25.2 Å². The fraction of sp³-hybridized carbons (Fsp3) is 0.707. The standard InChI is InChI=1S/C41H63N3O5/c1-3-5-7-10-28-13-14-30(37(45)21-28)11-8-6-9-12-35(40(47)48)39(46)31-15-16-36-32(19-29-17-18-43-38(42)22-29)23-33(41(36,49)25-31)24-34-20-27(4-2)26-44-34/h13-14,17-18,20,22,26,28,30-33,35-37,39,44-46,49H,3-12,15-16,19,21,23-25H2,1-2H3,(H2,42,43)(H,47,48)/t28-,30-,31+,32+,33-,35+,36-,37-,39-,41-/m1/s1. The third-order valence-electron chi connectivity index (χ3n) is 12.6.